The van der Waals surface area contributed by atoms with Crippen LogP contribution in [0.1, 0.15) is 17.4 Å². The Bertz CT molecular complexity index is 1250. The molecule has 0 spiro atoms. The Kier molecular flexibility index (Phi) is 6.68. The second kappa shape index (κ2) is 9.27. The van der Waals surface area contributed by atoms with E-state index in [1.807, 2.05) is 0 Å². The number of aromatic nitrogens is 1. The van der Waals surface area contributed by atoms with E-state index in [1.54, 1.807) is 19.1 Å². The van der Waals surface area contributed by atoms with E-state index in [9.17, 15) is 13.2 Å². The molecule has 2 aromatic carbocycles. The van der Waals surface area contributed by atoms with Crippen molar-refractivity contribution >= 4 is 32.6 Å². The van der Waals surface area contributed by atoms with Crippen LogP contribution >= 0.6 is 0 Å². The molecule has 0 radical (unpaired) electrons. The predicted octanol–water partition coefficient (Wildman–Crippen LogP) is 3.18. The number of aromatic amines is 1. The average molecular weight is 464 g/mol. The van der Waals surface area contributed by atoms with Crippen LogP contribution in [0, 0.1) is 0 Å². The Balaban J connectivity index is 2.20. The van der Waals surface area contributed by atoms with Gasteiger partial charge in [-0.3, -0.25) is 4.72 Å². The minimum absolute atomic E-state index is 0.0114. The van der Waals surface area contributed by atoms with Gasteiger partial charge in [0, 0.05) is 17.5 Å². The van der Waals surface area contributed by atoms with E-state index >= 15 is 0 Å². The zero-order valence-electron chi connectivity index (χ0n) is 18.3. The van der Waals surface area contributed by atoms with Crippen LogP contribution in [-0.2, 0) is 14.8 Å². The first-order valence-electron chi connectivity index (χ1n) is 9.49. The van der Waals surface area contributed by atoms with Crippen molar-refractivity contribution in [1.29, 1.82) is 0 Å². The molecule has 172 valence electrons. The number of hydrogen-bond donors (Lipinski definition) is 2. The summed E-state index contributed by atoms with van der Waals surface area (Å²) in [5.74, 6) is 0.548. The summed E-state index contributed by atoms with van der Waals surface area (Å²) in [6, 6.07) is 7.46. The molecule has 32 heavy (non-hydrogen) atoms. The number of carbonyl (C=O) groups is 1. The fourth-order valence-corrected chi connectivity index (χ4v) is 4.41. The van der Waals surface area contributed by atoms with E-state index in [-0.39, 0.29) is 28.6 Å². The van der Waals surface area contributed by atoms with Crippen molar-refractivity contribution in [2.24, 2.45) is 0 Å². The van der Waals surface area contributed by atoms with E-state index in [2.05, 4.69) is 9.71 Å². The van der Waals surface area contributed by atoms with Gasteiger partial charge in [0.15, 0.2) is 17.2 Å². The van der Waals surface area contributed by atoms with Gasteiger partial charge in [0.1, 0.15) is 16.4 Å². The van der Waals surface area contributed by atoms with E-state index in [0.717, 1.165) is 0 Å². The van der Waals surface area contributed by atoms with Gasteiger partial charge in [0.25, 0.3) is 10.0 Å². The average Bonchev–Trinajstić information content (AvgIpc) is 3.14. The minimum atomic E-state index is -4.18. The maximum Gasteiger partial charge on any atom is 0.356 e. The Morgan fingerprint density at radius 1 is 0.938 bits per heavy atom. The molecule has 2 N–H and O–H groups in total. The minimum Gasteiger partial charge on any atom is -0.497 e. The fraction of sp³-hybridized carbons (Fsp3) is 0.286. The Labute approximate surface area is 185 Å². The first-order valence-corrected chi connectivity index (χ1v) is 11.0. The molecule has 0 aliphatic heterocycles. The van der Waals surface area contributed by atoms with E-state index in [4.69, 9.17) is 23.7 Å². The second-order valence-electron chi connectivity index (χ2n) is 6.47. The largest absolute Gasteiger partial charge is 0.497 e. The van der Waals surface area contributed by atoms with Crippen LogP contribution in [0.15, 0.2) is 35.2 Å². The third-order valence-corrected chi connectivity index (χ3v) is 6.07. The molecule has 0 fully saturated rings. The predicted molar refractivity (Wildman–Crippen MR) is 118 cm³/mol. The number of esters is 1. The van der Waals surface area contributed by atoms with E-state index < -0.39 is 16.0 Å². The summed E-state index contributed by atoms with van der Waals surface area (Å²) in [5.41, 5.74) is 0.399. The molecular weight excluding hydrogens is 440 g/mol. The van der Waals surface area contributed by atoms with Crippen LogP contribution in [0.3, 0.4) is 0 Å². The summed E-state index contributed by atoms with van der Waals surface area (Å²) in [6.07, 6.45) is 0. The highest BCUT2D eigenvalue weighted by Crippen LogP contribution is 2.39. The summed E-state index contributed by atoms with van der Waals surface area (Å²) < 4.78 is 55.1. The third kappa shape index (κ3) is 4.24. The normalized spacial score (nSPS) is 11.2. The smallest absolute Gasteiger partial charge is 0.356 e. The van der Waals surface area contributed by atoms with Crippen molar-refractivity contribution in [2.45, 2.75) is 11.8 Å². The number of methoxy groups -OCH3 is 4. The fourth-order valence-electron chi connectivity index (χ4n) is 3.17. The number of fused-ring (bicyclic) bond motifs is 1. The van der Waals surface area contributed by atoms with Crippen molar-refractivity contribution in [3.05, 3.63) is 36.0 Å². The lowest BCUT2D eigenvalue weighted by molar-refractivity contribution is 0.0522. The summed E-state index contributed by atoms with van der Waals surface area (Å²) in [7, 11) is 1.55. The van der Waals surface area contributed by atoms with Crippen LogP contribution in [-0.4, -0.2) is 54.4 Å². The Hall–Kier alpha value is -3.60. The molecule has 10 nitrogen and oxygen atoms in total. The molecule has 3 rings (SSSR count). The molecule has 0 bridgehead atoms. The maximum atomic E-state index is 13.3. The zero-order valence-corrected chi connectivity index (χ0v) is 19.1. The Morgan fingerprint density at radius 2 is 1.59 bits per heavy atom. The SMILES string of the molecule is CCOC(=O)c1[nH]c2cc(OC)c(OC)cc2c1NS(=O)(=O)c1ccc(OC)cc1OC. The molecule has 1 heterocycles. The number of carbonyl (C=O) groups excluding carboxylic acids is 1. The quantitative estimate of drug-likeness (QED) is 0.463. The number of benzene rings is 2. The molecule has 0 aliphatic rings. The first kappa shape index (κ1) is 23.1. The van der Waals surface area contributed by atoms with E-state index in [1.165, 1.54) is 46.6 Å². The van der Waals surface area contributed by atoms with Gasteiger partial charge in [-0.1, -0.05) is 0 Å². The molecule has 1 aromatic heterocycles. The summed E-state index contributed by atoms with van der Waals surface area (Å²) in [4.78, 5) is 15.4. The summed E-state index contributed by atoms with van der Waals surface area (Å²) in [6.45, 7) is 1.76. The van der Waals surface area contributed by atoms with Crippen molar-refractivity contribution in [2.75, 3.05) is 39.8 Å². The van der Waals surface area contributed by atoms with Gasteiger partial charge in [-0.05, 0) is 25.1 Å². The van der Waals surface area contributed by atoms with Crippen molar-refractivity contribution in [1.82, 2.24) is 4.98 Å². The number of anilines is 1. The summed E-state index contributed by atoms with van der Waals surface area (Å²) in [5, 5.41) is 0.391. The van der Waals surface area contributed by atoms with Crippen molar-refractivity contribution < 1.29 is 36.9 Å². The van der Waals surface area contributed by atoms with Crippen LogP contribution in [0.25, 0.3) is 10.9 Å². The van der Waals surface area contributed by atoms with Crippen LogP contribution in [0.5, 0.6) is 23.0 Å². The van der Waals surface area contributed by atoms with Crippen LogP contribution in [0.4, 0.5) is 5.69 Å². The van der Waals surface area contributed by atoms with Crippen molar-refractivity contribution in [3.63, 3.8) is 0 Å². The zero-order chi connectivity index (χ0) is 23.5. The topological polar surface area (TPSA) is 125 Å². The molecular formula is C21H24N2O8S. The molecule has 0 amide bonds. The summed E-state index contributed by atoms with van der Waals surface area (Å²) >= 11 is 0. The third-order valence-electron chi connectivity index (χ3n) is 4.68. The number of rotatable bonds is 9. The maximum absolute atomic E-state index is 13.3. The van der Waals surface area contributed by atoms with Crippen molar-refractivity contribution in [3.8, 4) is 23.0 Å². The van der Waals surface area contributed by atoms with E-state index in [0.29, 0.717) is 28.2 Å². The lowest BCUT2D eigenvalue weighted by Crippen LogP contribution is -2.17. The first-order chi connectivity index (χ1) is 15.3. The standard InChI is InChI=1S/C21H24N2O8S/c1-6-31-21(24)20-19(13-10-15(28-3)16(29-4)11-14(13)22-20)23-32(25,26)18-8-7-12(27-2)9-17(18)30-5/h7-11,22-23H,6H2,1-5H3. The molecule has 0 unspecified atom stereocenters. The molecule has 0 aliphatic carbocycles. The van der Waals surface area contributed by atoms with Gasteiger partial charge in [0.2, 0.25) is 0 Å². The molecule has 0 atom stereocenters. The lowest BCUT2D eigenvalue weighted by Gasteiger charge is -2.14. The van der Waals surface area contributed by atoms with Gasteiger partial charge in [-0.25, -0.2) is 13.2 Å². The Morgan fingerprint density at radius 3 is 2.19 bits per heavy atom. The number of nitrogens with one attached hydrogen (secondary N) is 2. The van der Waals surface area contributed by atoms with Crippen LogP contribution < -0.4 is 23.7 Å². The number of hydrogen-bond acceptors (Lipinski definition) is 8. The molecule has 0 saturated carbocycles. The highest BCUT2D eigenvalue weighted by molar-refractivity contribution is 7.92. The molecule has 11 heteroatoms. The molecule has 3 aromatic rings. The number of ether oxygens (including phenoxy) is 5. The molecule has 0 saturated heterocycles. The van der Waals surface area contributed by atoms with Gasteiger partial charge in [0.05, 0.1) is 46.3 Å². The number of sulfonamides is 1. The van der Waals surface area contributed by atoms with Gasteiger partial charge in [-0.15, -0.1) is 0 Å². The lowest BCUT2D eigenvalue weighted by atomic mass is 10.2. The van der Waals surface area contributed by atoms with Crippen LogP contribution in [0.2, 0.25) is 0 Å². The highest BCUT2D eigenvalue weighted by Gasteiger charge is 2.27. The van der Waals surface area contributed by atoms with Gasteiger partial charge in [-0.2, -0.15) is 0 Å². The van der Waals surface area contributed by atoms with Gasteiger partial charge >= 0.3 is 5.97 Å². The number of H-pyrrole nitrogens is 1. The van der Waals surface area contributed by atoms with Gasteiger partial charge < -0.3 is 28.7 Å². The second-order valence-corrected chi connectivity index (χ2v) is 8.12. The highest BCUT2D eigenvalue weighted by atomic mass is 32.2. The monoisotopic (exact) mass is 464 g/mol.